The number of likely N-dealkylation sites (tertiary alicyclic amines) is 1. The number of benzene rings is 1. The first-order valence-corrected chi connectivity index (χ1v) is 12.1. The third-order valence-electron chi connectivity index (χ3n) is 4.66. The summed E-state index contributed by atoms with van der Waals surface area (Å²) in [5.41, 5.74) is 0.277. The molecule has 1 amide bonds. The number of hydrogen-bond donors (Lipinski definition) is 2. The molecule has 29 heavy (non-hydrogen) atoms. The quantitative estimate of drug-likeness (QED) is 0.466. The van der Waals surface area contributed by atoms with Crippen molar-refractivity contribution in [1.29, 1.82) is 0 Å². The van der Waals surface area contributed by atoms with Crippen molar-refractivity contribution in [3.8, 4) is 0 Å². The topological polar surface area (TPSA) is 104 Å². The van der Waals surface area contributed by atoms with Crippen molar-refractivity contribution < 1.29 is 13.2 Å². The zero-order valence-electron chi connectivity index (χ0n) is 16.1. The molecule has 0 aliphatic carbocycles. The lowest BCUT2D eigenvalue weighted by atomic mass is 10.0. The first kappa shape index (κ1) is 22.1. The molecule has 1 aliphatic heterocycles. The molecule has 1 atom stereocenters. The largest absolute Gasteiger partial charge is 0.303 e. The van der Waals surface area contributed by atoms with E-state index >= 15 is 0 Å². The van der Waals surface area contributed by atoms with E-state index in [0.717, 1.165) is 37.4 Å². The van der Waals surface area contributed by atoms with Crippen LogP contribution in [0.1, 0.15) is 36.5 Å². The minimum absolute atomic E-state index is 0.0950. The van der Waals surface area contributed by atoms with Crippen LogP contribution in [-0.2, 0) is 10.0 Å². The summed E-state index contributed by atoms with van der Waals surface area (Å²) in [4.78, 5) is 14.6. The van der Waals surface area contributed by atoms with Crippen LogP contribution in [0.25, 0.3) is 0 Å². The Balaban J connectivity index is 1.50. The fourth-order valence-corrected chi connectivity index (χ4v) is 5.47. The summed E-state index contributed by atoms with van der Waals surface area (Å²) in [7, 11) is -3.76. The van der Waals surface area contributed by atoms with Crippen molar-refractivity contribution in [2.75, 3.05) is 31.5 Å². The standard InChI is InChI=1S/C18H24ClN5O3S2/c1-13-6-4-10-24(12-13)11-5-9-20-29(26,27)18-23-22-17(28-18)21-16(25)14-7-2-3-8-15(14)19/h2-3,7-8,13,20H,4-6,9-12H2,1H3,(H,21,22,25)/t13-/m0/s1. The highest BCUT2D eigenvalue weighted by Crippen LogP contribution is 2.22. The zero-order valence-corrected chi connectivity index (χ0v) is 18.5. The molecule has 1 fully saturated rings. The van der Waals surface area contributed by atoms with Gasteiger partial charge in [0, 0.05) is 13.1 Å². The van der Waals surface area contributed by atoms with Crippen molar-refractivity contribution in [3.63, 3.8) is 0 Å². The number of amides is 1. The number of carbonyl (C=O) groups is 1. The summed E-state index contributed by atoms with van der Waals surface area (Å²) in [6.45, 7) is 5.57. The molecular formula is C18H24ClN5O3S2. The highest BCUT2D eigenvalue weighted by Gasteiger charge is 2.22. The summed E-state index contributed by atoms with van der Waals surface area (Å²) in [6.07, 6.45) is 3.18. The Kier molecular flexibility index (Phi) is 7.58. The molecule has 0 spiro atoms. The summed E-state index contributed by atoms with van der Waals surface area (Å²) in [5.74, 6) is 0.223. The molecule has 0 saturated carbocycles. The molecule has 0 radical (unpaired) electrons. The van der Waals surface area contributed by atoms with Crippen molar-refractivity contribution >= 4 is 44.0 Å². The van der Waals surface area contributed by atoms with Crippen LogP contribution in [0.4, 0.5) is 5.13 Å². The summed E-state index contributed by atoms with van der Waals surface area (Å²) < 4.78 is 27.2. The molecule has 1 aromatic heterocycles. The predicted octanol–water partition coefficient (Wildman–Crippen LogP) is 2.84. The number of piperidine rings is 1. The van der Waals surface area contributed by atoms with E-state index in [-0.39, 0.29) is 15.0 Å². The van der Waals surface area contributed by atoms with Gasteiger partial charge in [0.05, 0.1) is 10.6 Å². The van der Waals surface area contributed by atoms with Gasteiger partial charge in [-0.3, -0.25) is 10.1 Å². The van der Waals surface area contributed by atoms with Gasteiger partial charge in [-0.15, -0.1) is 10.2 Å². The molecule has 2 N–H and O–H groups in total. The number of nitrogens with one attached hydrogen (secondary N) is 2. The molecule has 3 rings (SSSR count). The van der Waals surface area contributed by atoms with Crippen molar-refractivity contribution in [1.82, 2.24) is 19.8 Å². The number of anilines is 1. The Hall–Kier alpha value is -1.59. The molecule has 1 aromatic carbocycles. The van der Waals surface area contributed by atoms with Gasteiger partial charge in [-0.2, -0.15) is 0 Å². The number of sulfonamides is 1. The Morgan fingerprint density at radius 2 is 2.14 bits per heavy atom. The smallest absolute Gasteiger partial charge is 0.269 e. The first-order chi connectivity index (χ1) is 13.8. The molecule has 2 heterocycles. The molecule has 2 aromatic rings. The van der Waals surface area contributed by atoms with Gasteiger partial charge >= 0.3 is 0 Å². The van der Waals surface area contributed by atoms with E-state index in [1.807, 2.05) is 0 Å². The normalized spacial score (nSPS) is 17.9. The van der Waals surface area contributed by atoms with Gasteiger partial charge in [0.2, 0.25) is 9.47 Å². The van der Waals surface area contributed by atoms with Gasteiger partial charge in [-0.05, 0) is 50.4 Å². The van der Waals surface area contributed by atoms with E-state index < -0.39 is 15.9 Å². The molecule has 8 nitrogen and oxygen atoms in total. The summed E-state index contributed by atoms with van der Waals surface area (Å²) in [5, 5.41) is 10.4. The number of aromatic nitrogens is 2. The minimum atomic E-state index is -3.76. The Morgan fingerprint density at radius 3 is 2.90 bits per heavy atom. The highest BCUT2D eigenvalue weighted by atomic mass is 35.5. The molecule has 158 valence electrons. The average Bonchev–Trinajstić information content (AvgIpc) is 3.15. The molecule has 0 bridgehead atoms. The SMILES string of the molecule is C[C@H]1CCCN(CCCNS(=O)(=O)c2nnc(NC(=O)c3ccccc3Cl)s2)C1. The number of hydrogen-bond acceptors (Lipinski definition) is 7. The Bertz CT molecular complexity index is 950. The predicted molar refractivity (Wildman–Crippen MR) is 114 cm³/mol. The molecule has 1 aliphatic rings. The van der Waals surface area contributed by atoms with Gasteiger partial charge in [-0.25, -0.2) is 13.1 Å². The number of halogens is 1. The van der Waals surface area contributed by atoms with Crippen molar-refractivity contribution in [3.05, 3.63) is 34.9 Å². The lowest BCUT2D eigenvalue weighted by molar-refractivity contribution is 0.102. The van der Waals surface area contributed by atoms with Gasteiger partial charge in [0.25, 0.3) is 15.9 Å². The second kappa shape index (κ2) is 9.94. The van der Waals surface area contributed by atoms with E-state index in [9.17, 15) is 13.2 Å². The van der Waals surface area contributed by atoms with Crippen LogP contribution < -0.4 is 10.0 Å². The Morgan fingerprint density at radius 1 is 1.34 bits per heavy atom. The van der Waals surface area contributed by atoms with Crippen LogP contribution in [0, 0.1) is 5.92 Å². The maximum atomic E-state index is 12.4. The van der Waals surface area contributed by atoms with Gasteiger partial charge in [-0.1, -0.05) is 42.0 Å². The highest BCUT2D eigenvalue weighted by molar-refractivity contribution is 7.91. The Labute approximate surface area is 179 Å². The van der Waals surface area contributed by atoms with E-state index in [0.29, 0.717) is 17.5 Å². The van der Waals surface area contributed by atoms with Crippen molar-refractivity contribution in [2.45, 2.75) is 30.5 Å². The number of rotatable bonds is 8. The van der Waals surface area contributed by atoms with Crippen LogP contribution in [0.15, 0.2) is 28.6 Å². The molecule has 0 unspecified atom stereocenters. The van der Waals surface area contributed by atoms with E-state index in [2.05, 4.69) is 32.1 Å². The minimum Gasteiger partial charge on any atom is -0.303 e. The lowest BCUT2D eigenvalue weighted by Gasteiger charge is -2.30. The molecule has 1 saturated heterocycles. The maximum Gasteiger partial charge on any atom is 0.269 e. The second-order valence-corrected chi connectivity index (χ2v) is 10.4. The lowest BCUT2D eigenvalue weighted by Crippen LogP contribution is -2.36. The monoisotopic (exact) mass is 457 g/mol. The third kappa shape index (κ3) is 6.19. The van der Waals surface area contributed by atoms with E-state index in [4.69, 9.17) is 11.6 Å². The van der Waals surface area contributed by atoms with Crippen LogP contribution in [0.3, 0.4) is 0 Å². The fourth-order valence-electron chi connectivity index (χ4n) is 3.24. The molecular weight excluding hydrogens is 434 g/mol. The van der Waals surface area contributed by atoms with Crippen molar-refractivity contribution in [2.24, 2.45) is 5.92 Å². The van der Waals surface area contributed by atoms with Crippen LogP contribution >= 0.6 is 22.9 Å². The van der Waals surface area contributed by atoms with Crippen LogP contribution in [0.2, 0.25) is 5.02 Å². The molecule has 11 heteroatoms. The van der Waals surface area contributed by atoms with Gasteiger partial charge in [0.1, 0.15) is 0 Å². The van der Waals surface area contributed by atoms with Gasteiger partial charge in [0.15, 0.2) is 0 Å². The maximum absolute atomic E-state index is 12.4. The van der Waals surface area contributed by atoms with Crippen LogP contribution in [0.5, 0.6) is 0 Å². The summed E-state index contributed by atoms with van der Waals surface area (Å²) in [6, 6.07) is 6.57. The van der Waals surface area contributed by atoms with Crippen LogP contribution in [-0.4, -0.2) is 55.6 Å². The second-order valence-electron chi connectivity index (χ2n) is 7.11. The zero-order chi connectivity index (χ0) is 20.9. The van der Waals surface area contributed by atoms with E-state index in [1.54, 1.807) is 24.3 Å². The van der Waals surface area contributed by atoms with E-state index in [1.165, 1.54) is 12.8 Å². The summed E-state index contributed by atoms with van der Waals surface area (Å²) >= 11 is 6.79. The third-order valence-corrected chi connectivity index (χ3v) is 7.66. The number of nitrogens with zero attached hydrogens (tertiary/aromatic N) is 3. The van der Waals surface area contributed by atoms with Gasteiger partial charge < -0.3 is 4.90 Å². The average molecular weight is 458 g/mol. The first-order valence-electron chi connectivity index (χ1n) is 9.46. The fraction of sp³-hybridized carbons (Fsp3) is 0.500. The number of carbonyl (C=O) groups excluding carboxylic acids is 1.